The lowest BCUT2D eigenvalue weighted by Crippen LogP contribution is -2.49. The molecule has 2 heterocycles. The summed E-state index contributed by atoms with van der Waals surface area (Å²) < 4.78 is 37.9. The van der Waals surface area contributed by atoms with Gasteiger partial charge >= 0.3 is 6.18 Å². The van der Waals surface area contributed by atoms with Gasteiger partial charge in [-0.2, -0.15) is 13.2 Å². The van der Waals surface area contributed by atoms with Gasteiger partial charge in [-0.3, -0.25) is 9.69 Å². The first-order valence-corrected chi connectivity index (χ1v) is 10.0. The first kappa shape index (κ1) is 19.5. The highest BCUT2D eigenvalue weighted by Crippen LogP contribution is 2.29. The summed E-state index contributed by atoms with van der Waals surface area (Å²) in [6.45, 7) is 3.02. The minimum absolute atomic E-state index is 0.0520. The number of benzene rings is 1. The minimum atomic E-state index is -4.30. The second kappa shape index (κ2) is 8.19. The van der Waals surface area contributed by atoms with Gasteiger partial charge in [0.1, 0.15) is 0 Å². The molecular formula is C18H24F3N3OS. The van der Waals surface area contributed by atoms with Crippen molar-refractivity contribution in [2.45, 2.75) is 31.6 Å². The van der Waals surface area contributed by atoms with E-state index in [1.807, 2.05) is 4.90 Å². The van der Waals surface area contributed by atoms with Gasteiger partial charge < -0.3 is 10.6 Å². The Morgan fingerprint density at radius 2 is 1.85 bits per heavy atom. The minimum Gasteiger partial charge on any atom is -0.331 e. The Morgan fingerprint density at radius 3 is 2.38 bits per heavy atom. The van der Waals surface area contributed by atoms with Crippen molar-refractivity contribution in [3.63, 3.8) is 0 Å². The molecule has 1 amide bonds. The average Bonchev–Trinajstić information content (AvgIpc) is 3.15. The fourth-order valence-corrected chi connectivity index (χ4v) is 4.48. The first-order chi connectivity index (χ1) is 12.3. The van der Waals surface area contributed by atoms with E-state index in [9.17, 15) is 18.0 Å². The van der Waals surface area contributed by atoms with Crippen LogP contribution in [0, 0.1) is 5.92 Å². The van der Waals surface area contributed by atoms with Crippen molar-refractivity contribution in [1.29, 1.82) is 0 Å². The number of likely N-dealkylation sites (tertiary alicyclic amines) is 1. The molecule has 4 nitrogen and oxygen atoms in total. The number of carbonyl (C=O) groups is 1. The van der Waals surface area contributed by atoms with Crippen molar-refractivity contribution in [3.05, 3.63) is 35.4 Å². The Labute approximate surface area is 155 Å². The first-order valence-electron chi connectivity index (χ1n) is 8.85. The molecule has 2 saturated heterocycles. The predicted molar refractivity (Wildman–Crippen MR) is 96.5 cm³/mol. The summed E-state index contributed by atoms with van der Waals surface area (Å²) in [7, 11) is 0. The Hall–Kier alpha value is -1.25. The predicted octanol–water partition coefficient (Wildman–Crippen LogP) is 2.78. The van der Waals surface area contributed by atoms with E-state index in [2.05, 4.69) is 4.90 Å². The van der Waals surface area contributed by atoms with Gasteiger partial charge in [-0.25, -0.2) is 0 Å². The number of rotatable bonds is 4. The zero-order valence-electron chi connectivity index (χ0n) is 14.5. The van der Waals surface area contributed by atoms with Crippen LogP contribution >= 0.6 is 11.8 Å². The molecule has 1 atom stereocenters. The molecule has 0 radical (unpaired) electrons. The molecule has 26 heavy (non-hydrogen) atoms. The summed E-state index contributed by atoms with van der Waals surface area (Å²) in [4.78, 5) is 16.5. The van der Waals surface area contributed by atoms with Crippen LogP contribution in [0.4, 0.5) is 13.2 Å². The highest BCUT2D eigenvalue weighted by molar-refractivity contribution is 7.99. The monoisotopic (exact) mass is 387 g/mol. The summed E-state index contributed by atoms with van der Waals surface area (Å²) in [5.41, 5.74) is 6.45. The molecule has 1 aromatic rings. The Morgan fingerprint density at radius 1 is 1.19 bits per heavy atom. The number of hydrogen-bond donors (Lipinski definition) is 1. The van der Waals surface area contributed by atoms with Gasteiger partial charge in [-0.1, -0.05) is 12.1 Å². The number of alkyl halides is 3. The van der Waals surface area contributed by atoms with Crippen LogP contribution in [0.25, 0.3) is 0 Å². The molecule has 0 bridgehead atoms. The maximum Gasteiger partial charge on any atom is 0.416 e. The van der Waals surface area contributed by atoms with Gasteiger partial charge in [-0.15, -0.1) is 11.8 Å². The number of carbonyl (C=O) groups excluding carboxylic acids is 1. The zero-order valence-corrected chi connectivity index (χ0v) is 15.4. The molecule has 1 unspecified atom stereocenters. The fourth-order valence-electron chi connectivity index (χ4n) is 3.53. The van der Waals surface area contributed by atoms with E-state index in [0.29, 0.717) is 6.54 Å². The molecule has 0 aliphatic carbocycles. The maximum absolute atomic E-state index is 12.6. The second-order valence-electron chi connectivity index (χ2n) is 6.97. The van der Waals surface area contributed by atoms with Crippen LogP contribution in [-0.2, 0) is 17.5 Å². The van der Waals surface area contributed by atoms with E-state index in [0.717, 1.165) is 61.8 Å². The summed E-state index contributed by atoms with van der Waals surface area (Å²) in [6.07, 6.45) is -2.61. The lowest BCUT2D eigenvalue weighted by atomic mass is 9.89. The largest absolute Gasteiger partial charge is 0.416 e. The highest BCUT2D eigenvalue weighted by Gasteiger charge is 2.33. The number of halogens is 3. The van der Waals surface area contributed by atoms with E-state index in [4.69, 9.17) is 5.73 Å². The summed E-state index contributed by atoms with van der Waals surface area (Å²) >= 11 is 1.75. The van der Waals surface area contributed by atoms with Gasteiger partial charge in [0.2, 0.25) is 5.91 Å². The van der Waals surface area contributed by atoms with Crippen LogP contribution in [0.2, 0.25) is 0 Å². The summed E-state index contributed by atoms with van der Waals surface area (Å²) in [5, 5.41) is 0. The van der Waals surface area contributed by atoms with Crippen LogP contribution in [0.3, 0.4) is 0 Å². The molecular weight excluding hydrogens is 363 g/mol. The fraction of sp³-hybridized carbons (Fsp3) is 0.611. The Bertz CT molecular complexity index is 609. The van der Waals surface area contributed by atoms with Crippen molar-refractivity contribution in [2.75, 3.05) is 31.3 Å². The number of nitrogens with zero attached hydrogens (tertiary/aromatic N) is 2. The normalized spacial score (nSPS) is 21.2. The zero-order chi connectivity index (χ0) is 18.7. The third-order valence-corrected chi connectivity index (χ3v) is 6.14. The standard InChI is InChI=1S/C18H24F3N3OS/c19-18(20,21)15-3-1-13(2-4-15)11-23-7-5-14(6-8-23)16(22)17(25)24-9-10-26-12-24/h1-4,14,16H,5-12,22H2. The maximum atomic E-state index is 12.6. The Kier molecular flexibility index (Phi) is 6.14. The SMILES string of the molecule is NC(C(=O)N1CCSC1)C1CCN(Cc2ccc(C(F)(F)F)cc2)CC1. The van der Waals surface area contributed by atoms with Gasteiger partial charge in [0.05, 0.1) is 17.5 Å². The smallest absolute Gasteiger partial charge is 0.331 e. The van der Waals surface area contributed by atoms with Crippen molar-refractivity contribution in [2.24, 2.45) is 11.7 Å². The van der Waals surface area contributed by atoms with E-state index in [1.54, 1.807) is 11.8 Å². The van der Waals surface area contributed by atoms with Gasteiger partial charge in [0.25, 0.3) is 0 Å². The molecule has 0 saturated carbocycles. The summed E-state index contributed by atoms with van der Waals surface area (Å²) in [5.74, 6) is 1.94. The molecule has 1 aromatic carbocycles. The molecule has 2 fully saturated rings. The van der Waals surface area contributed by atoms with Gasteiger partial charge in [0, 0.05) is 18.8 Å². The molecule has 0 aromatic heterocycles. The number of piperidine rings is 1. The van der Waals surface area contributed by atoms with Crippen LogP contribution in [0.5, 0.6) is 0 Å². The van der Waals surface area contributed by atoms with E-state index >= 15 is 0 Å². The summed E-state index contributed by atoms with van der Waals surface area (Å²) in [6, 6.07) is 4.89. The van der Waals surface area contributed by atoms with Crippen LogP contribution in [0.15, 0.2) is 24.3 Å². The third kappa shape index (κ3) is 4.72. The number of amides is 1. The molecule has 2 N–H and O–H groups in total. The highest BCUT2D eigenvalue weighted by atomic mass is 32.2. The molecule has 3 rings (SSSR count). The van der Waals surface area contributed by atoms with Crippen LogP contribution in [-0.4, -0.2) is 53.0 Å². The van der Waals surface area contributed by atoms with Crippen LogP contribution in [0.1, 0.15) is 24.0 Å². The van der Waals surface area contributed by atoms with Gasteiger partial charge in [0.15, 0.2) is 0 Å². The van der Waals surface area contributed by atoms with E-state index < -0.39 is 17.8 Å². The number of hydrogen-bond acceptors (Lipinski definition) is 4. The van der Waals surface area contributed by atoms with E-state index in [-0.39, 0.29) is 11.8 Å². The van der Waals surface area contributed by atoms with Crippen molar-refractivity contribution < 1.29 is 18.0 Å². The topological polar surface area (TPSA) is 49.6 Å². The average molecular weight is 387 g/mol. The lowest BCUT2D eigenvalue weighted by Gasteiger charge is -2.35. The van der Waals surface area contributed by atoms with Crippen LogP contribution < -0.4 is 5.73 Å². The molecule has 0 spiro atoms. The van der Waals surface area contributed by atoms with Crippen molar-refractivity contribution in [1.82, 2.24) is 9.80 Å². The molecule has 144 valence electrons. The van der Waals surface area contributed by atoms with Gasteiger partial charge in [-0.05, 0) is 49.5 Å². The number of thioether (sulfide) groups is 1. The lowest BCUT2D eigenvalue weighted by molar-refractivity contribution is -0.137. The Balaban J connectivity index is 1.48. The van der Waals surface area contributed by atoms with E-state index in [1.165, 1.54) is 12.1 Å². The third-order valence-electron chi connectivity index (χ3n) is 5.18. The van der Waals surface area contributed by atoms with Crippen molar-refractivity contribution >= 4 is 17.7 Å². The quantitative estimate of drug-likeness (QED) is 0.863. The molecule has 8 heteroatoms. The van der Waals surface area contributed by atoms with Crippen molar-refractivity contribution in [3.8, 4) is 0 Å². The molecule has 2 aliphatic heterocycles. The molecule has 2 aliphatic rings. The number of nitrogens with two attached hydrogens (primary N) is 1. The second-order valence-corrected chi connectivity index (χ2v) is 8.05.